The van der Waals surface area contributed by atoms with Crippen molar-refractivity contribution >= 4 is 17.0 Å². The number of methoxy groups -OCH3 is 1. The number of hydrogen-bond acceptors (Lipinski definition) is 5. The Morgan fingerprint density at radius 1 is 0.970 bits per heavy atom. The molecular formula is C27H35N3O3. The molecule has 4 bridgehead atoms. The first-order chi connectivity index (χ1) is 16.1. The molecule has 2 unspecified atom stereocenters. The van der Waals surface area contributed by atoms with E-state index in [0.717, 1.165) is 35.7 Å². The Kier molecular flexibility index (Phi) is 5.52. The molecule has 176 valence electrons. The van der Waals surface area contributed by atoms with Crippen LogP contribution in [0.2, 0.25) is 0 Å². The van der Waals surface area contributed by atoms with Crippen LogP contribution in [0.1, 0.15) is 75.9 Å². The summed E-state index contributed by atoms with van der Waals surface area (Å²) in [5.74, 6) is 1.39. The largest absolute Gasteiger partial charge is 0.469 e. The normalized spacial score (nSPS) is 33.8. The van der Waals surface area contributed by atoms with Crippen LogP contribution in [0.15, 0.2) is 29.1 Å². The van der Waals surface area contributed by atoms with E-state index in [1.165, 1.54) is 58.5 Å². The van der Waals surface area contributed by atoms with Crippen molar-refractivity contribution in [2.45, 2.75) is 94.8 Å². The van der Waals surface area contributed by atoms with E-state index in [-0.39, 0.29) is 18.0 Å². The van der Waals surface area contributed by atoms with E-state index in [1.54, 1.807) is 0 Å². The minimum absolute atomic E-state index is 0.0727. The molecule has 6 heteroatoms. The maximum Gasteiger partial charge on any atom is 0.311 e. The van der Waals surface area contributed by atoms with Gasteiger partial charge in [0.05, 0.1) is 30.6 Å². The average Bonchev–Trinajstić information content (AvgIpc) is 3.04. The number of ether oxygens (including phenoxy) is 1. The molecule has 0 N–H and O–H groups in total. The summed E-state index contributed by atoms with van der Waals surface area (Å²) >= 11 is 0. The maximum absolute atomic E-state index is 13.7. The molecule has 2 aliphatic carbocycles. The maximum atomic E-state index is 13.7. The van der Waals surface area contributed by atoms with Crippen molar-refractivity contribution in [1.82, 2.24) is 14.5 Å². The molecule has 2 aromatic rings. The zero-order valence-corrected chi connectivity index (χ0v) is 19.6. The lowest BCUT2D eigenvalue weighted by molar-refractivity contribution is -0.139. The summed E-state index contributed by atoms with van der Waals surface area (Å²) in [6.45, 7) is 0. The number of hydrogen-bond donors (Lipinski definition) is 0. The third-order valence-electron chi connectivity index (χ3n) is 9.06. The molecule has 0 spiro atoms. The van der Waals surface area contributed by atoms with Gasteiger partial charge in [-0.1, -0.05) is 37.8 Å². The standard InChI is InChI=1S/C27H35N3O3/c1-33-26(31)16-22-27(32)30(23-10-3-2-9-21(23)28-22)25-15-19-8-5-11-24(25)29(19)20-13-17-6-4-7-18(12-17)14-20/h2-3,9-10,17-20,24-25H,4-8,11-16H2,1H3/t17?,18?,19-,20?,24+,25+/m0/s1. The fourth-order valence-electron chi connectivity index (χ4n) is 7.84. The van der Waals surface area contributed by atoms with Crippen molar-refractivity contribution in [2.24, 2.45) is 11.8 Å². The van der Waals surface area contributed by atoms with Crippen LogP contribution in [0.5, 0.6) is 0 Å². The Morgan fingerprint density at radius 3 is 2.52 bits per heavy atom. The van der Waals surface area contributed by atoms with Crippen LogP contribution in [0.25, 0.3) is 11.0 Å². The van der Waals surface area contributed by atoms with E-state index >= 15 is 0 Å². The van der Waals surface area contributed by atoms with Crippen molar-refractivity contribution in [3.8, 4) is 0 Å². The van der Waals surface area contributed by atoms with Crippen molar-refractivity contribution < 1.29 is 9.53 Å². The number of benzene rings is 1. The molecule has 0 amide bonds. The van der Waals surface area contributed by atoms with Crippen LogP contribution in [0, 0.1) is 11.8 Å². The van der Waals surface area contributed by atoms with E-state index in [4.69, 9.17) is 4.74 Å². The van der Waals surface area contributed by atoms with Gasteiger partial charge in [0, 0.05) is 18.1 Å². The van der Waals surface area contributed by atoms with Gasteiger partial charge in [-0.05, 0) is 62.5 Å². The molecule has 1 aromatic heterocycles. The average molecular weight is 450 g/mol. The van der Waals surface area contributed by atoms with Gasteiger partial charge >= 0.3 is 5.97 Å². The molecule has 2 aliphatic heterocycles. The van der Waals surface area contributed by atoms with Crippen molar-refractivity contribution in [3.63, 3.8) is 0 Å². The fourth-order valence-corrected chi connectivity index (χ4v) is 7.84. The van der Waals surface area contributed by atoms with Crippen LogP contribution in [-0.4, -0.2) is 45.7 Å². The fraction of sp³-hybridized carbons (Fsp3) is 0.667. The quantitative estimate of drug-likeness (QED) is 0.653. The van der Waals surface area contributed by atoms with Crippen molar-refractivity contribution in [1.29, 1.82) is 0 Å². The van der Waals surface area contributed by atoms with Gasteiger partial charge in [0.15, 0.2) is 0 Å². The smallest absolute Gasteiger partial charge is 0.311 e. The SMILES string of the molecule is COC(=O)Cc1nc2ccccc2n([C@@H]2C[C@@H]3CCC[C@H]2N3C2CC3CCCC(C3)C2)c1=O. The lowest BCUT2D eigenvalue weighted by atomic mass is 9.69. The predicted octanol–water partition coefficient (Wildman–Crippen LogP) is 4.25. The minimum Gasteiger partial charge on any atom is -0.469 e. The number of nitrogens with zero attached hydrogens (tertiary/aromatic N) is 3. The number of carbonyl (C=O) groups excluding carboxylic acids is 1. The second kappa shape index (κ2) is 8.53. The van der Waals surface area contributed by atoms with Gasteiger partial charge in [-0.25, -0.2) is 4.98 Å². The van der Waals surface area contributed by atoms with E-state index in [2.05, 4.69) is 9.88 Å². The van der Waals surface area contributed by atoms with Crippen LogP contribution in [0.3, 0.4) is 0 Å². The van der Waals surface area contributed by atoms with Gasteiger partial charge in [0.25, 0.3) is 5.56 Å². The zero-order chi connectivity index (χ0) is 22.5. The third kappa shape index (κ3) is 3.71. The third-order valence-corrected chi connectivity index (χ3v) is 9.06. The first-order valence-electron chi connectivity index (χ1n) is 13.0. The Balaban J connectivity index is 1.40. The highest BCUT2D eigenvalue weighted by Crippen LogP contribution is 2.49. The molecule has 4 aliphatic rings. The lowest BCUT2D eigenvalue weighted by Crippen LogP contribution is -2.51. The lowest BCUT2D eigenvalue weighted by Gasteiger charge is -2.48. The summed E-state index contributed by atoms with van der Waals surface area (Å²) in [7, 11) is 1.36. The molecule has 6 rings (SSSR count). The van der Waals surface area contributed by atoms with Gasteiger partial charge in [0.1, 0.15) is 5.69 Å². The first-order valence-corrected chi connectivity index (χ1v) is 13.0. The number of esters is 1. The summed E-state index contributed by atoms with van der Waals surface area (Å²) in [5.41, 5.74) is 1.88. The second-order valence-electron chi connectivity index (χ2n) is 10.9. The second-order valence-corrected chi connectivity index (χ2v) is 10.9. The summed E-state index contributed by atoms with van der Waals surface area (Å²) < 4.78 is 6.86. The highest BCUT2D eigenvalue weighted by molar-refractivity contribution is 5.77. The molecule has 33 heavy (non-hydrogen) atoms. The molecular weight excluding hydrogens is 414 g/mol. The number of carbonyl (C=O) groups is 1. The van der Waals surface area contributed by atoms with Crippen LogP contribution < -0.4 is 5.56 Å². The van der Waals surface area contributed by atoms with Crippen molar-refractivity contribution in [2.75, 3.05) is 7.11 Å². The van der Waals surface area contributed by atoms with E-state index < -0.39 is 5.97 Å². The number of fused-ring (bicyclic) bond motifs is 5. The molecule has 3 heterocycles. The highest BCUT2D eigenvalue weighted by Gasteiger charge is 2.49. The van der Waals surface area contributed by atoms with Crippen LogP contribution in [-0.2, 0) is 16.0 Å². The molecule has 1 aromatic carbocycles. The minimum atomic E-state index is -0.415. The van der Waals surface area contributed by atoms with Gasteiger partial charge < -0.3 is 9.30 Å². The summed E-state index contributed by atoms with van der Waals surface area (Å²) in [6.07, 6.45) is 13.0. The molecule has 0 radical (unpaired) electrons. The number of para-hydroxylation sites is 2. The molecule has 4 fully saturated rings. The van der Waals surface area contributed by atoms with Gasteiger partial charge in [-0.2, -0.15) is 0 Å². The van der Waals surface area contributed by atoms with Gasteiger partial charge in [0.2, 0.25) is 0 Å². The van der Waals surface area contributed by atoms with E-state index in [0.29, 0.717) is 23.8 Å². The Bertz CT molecular complexity index is 1100. The molecule has 5 atom stereocenters. The zero-order valence-electron chi connectivity index (χ0n) is 19.6. The van der Waals surface area contributed by atoms with Crippen molar-refractivity contribution in [3.05, 3.63) is 40.3 Å². The van der Waals surface area contributed by atoms with E-state index in [9.17, 15) is 9.59 Å². The predicted molar refractivity (Wildman–Crippen MR) is 127 cm³/mol. The Labute approximate surface area is 195 Å². The van der Waals surface area contributed by atoms with Gasteiger partial charge in [-0.3, -0.25) is 14.5 Å². The Hall–Kier alpha value is -2.21. The van der Waals surface area contributed by atoms with E-state index in [1.807, 2.05) is 28.8 Å². The number of piperidine rings is 1. The summed E-state index contributed by atoms with van der Waals surface area (Å²) in [4.78, 5) is 33.2. The van der Waals surface area contributed by atoms with Gasteiger partial charge in [-0.15, -0.1) is 0 Å². The summed E-state index contributed by atoms with van der Waals surface area (Å²) in [6, 6.07) is 9.70. The highest BCUT2D eigenvalue weighted by atomic mass is 16.5. The Morgan fingerprint density at radius 2 is 1.73 bits per heavy atom. The number of aromatic nitrogens is 2. The topological polar surface area (TPSA) is 64.4 Å². The van der Waals surface area contributed by atoms with Crippen LogP contribution >= 0.6 is 0 Å². The monoisotopic (exact) mass is 449 g/mol. The first kappa shape index (κ1) is 21.3. The molecule has 2 saturated heterocycles. The summed E-state index contributed by atoms with van der Waals surface area (Å²) in [5, 5.41) is 0. The molecule has 6 nitrogen and oxygen atoms in total. The van der Waals surface area contributed by atoms with Crippen LogP contribution in [0.4, 0.5) is 0 Å². The number of rotatable bonds is 4. The molecule has 2 saturated carbocycles.